The van der Waals surface area contributed by atoms with Crippen molar-refractivity contribution < 1.29 is 19.0 Å². The SMILES string of the molecule is C[C@H](CC(=O)OC(C)(C)C)c1ccc(O[C@@H]2CCN(c3ccnc(OCC4CC4)c3)C2)cc1. The number of nitrogens with zero attached hydrogens (tertiary/aromatic N) is 2. The van der Waals surface area contributed by atoms with Crippen molar-refractivity contribution in [3.05, 3.63) is 48.2 Å². The van der Waals surface area contributed by atoms with Crippen LogP contribution in [-0.2, 0) is 9.53 Å². The summed E-state index contributed by atoms with van der Waals surface area (Å²) in [5, 5.41) is 0. The molecule has 0 bridgehead atoms. The van der Waals surface area contributed by atoms with E-state index >= 15 is 0 Å². The van der Waals surface area contributed by atoms with E-state index in [1.165, 1.54) is 12.8 Å². The summed E-state index contributed by atoms with van der Waals surface area (Å²) >= 11 is 0. The van der Waals surface area contributed by atoms with E-state index in [2.05, 4.69) is 9.88 Å². The molecule has 2 heterocycles. The van der Waals surface area contributed by atoms with Gasteiger partial charge in [0.1, 0.15) is 17.5 Å². The summed E-state index contributed by atoms with van der Waals surface area (Å²) in [6.07, 6.45) is 5.84. The second kappa shape index (κ2) is 10.0. The Bertz CT molecular complexity index is 934. The van der Waals surface area contributed by atoms with Crippen LogP contribution in [0.1, 0.15) is 64.9 Å². The first kappa shape index (κ1) is 23.4. The Kier molecular flexibility index (Phi) is 7.11. The van der Waals surface area contributed by atoms with E-state index in [0.717, 1.165) is 43.1 Å². The lowest BCUT2D eigenvalue weighted by molar-refractivity contribution is -0.155. The molecule has 1 aromatic carbocycles. The van der Waals surface area contributed by atoms with Gasteiger partial charge in [0.2, 0.25) is 5.88 Å². The number of esters is 1. The first-order valence-corrected chi connectivity index (χ1v) is 12.1. The number of anilines is 1. The number of carbonyl (C=O) groups is 1. The van der Waals surface area contributed by atoms with E-state index in [1.54, 1.807) is 0 Å². The van der Waals surface area contributed by atoms with Crippen molar-refractivity contribution in [3.63, 3.8) is 0 Å². The van der Waals surface area contributed by atoms with Gasteiger partial charge in [-0.3, -0.25) is 4.79 Å². The van der Waals surface area contributed by atoms with Gasteiger partial charge in [-0.05, 0) is 69.2 Å². The standard InChI is InChI=1S/C27H36N2O4/c1-19(15-26(30)33-27(2,3)4)21-7-9-23(10-8-21)32-24-12-14-29(17-24)22-11-13-28-25(16-22)31-18-20-5-6-20/h7-11,13,16,19-20,24H,5-6,12,14-15,17-18H2,1-4H3/t19-,24-/m1/s1. The van der Waals surface area contributed by atoms with Crippen LogP contribution in [0, 0.1) is 5.92 Å². The Labute approximate surface area is 197 Å². The van der Waals surface area contributed by atoms with Crippen molar-refractivity contribution in [2.45, 2.75) is 71.0 Å². The highest BCUT2D eigenvalue weighted by Crippen LogP contribution is 2.31. The number of ether oxygens (including phenoxy) is 3. The predicted molar refractivity (Wildman–Crippen MR) is 129 cm³/mol. The van der Waals surface area contributed by atoms with Gasteiger partial charge in [-0.2, -0.15) is 0 Å². The lowest BCUT2D eigenvalue weighted by Gasteiger charge is -2.21. The molecule has 0 unspecified atom stereocenters. The smallest absolute Gasteiger partial charge is 0.306 e. The molecule has 178 valence electrons. The molecule has 1 aliphatic heterocycles. The van der Waals surface area contributed by atoms with Gasteiger partial charge >= 0.3 is 5.97 Å². The van der Waals surface area contributed by atoms with E-state index < -0.39 is 5.60 Å². The Morgan fingerprint density at radius 2 is 1.91 bits per heavy atom. The van der Waals surface area contributed by atoms with Gasteiger partial charge in [-0.15, -0.1) is 0 Å². The van der Waals surface area contributed by atoms with Crippen LogP contribution >= 0.6 is 0 Å². The quantitative estimate of drug-likeness (QED) is 0.477. The summed E-state index contributed by atoms with van der Waals surface area (Å²) in [5.41, 5.74) is 1.79. The van der Waals surface area contributed by atoms with Gasteiger partial charge in [-0.25, -0.2) is 4.98 Å². The second-order valence-corrected chi connectivity index (χ2v) is 10.3. The zero-order valence-corrected chi connectivity index (χ0v) is 20.3. The lowest BCUT2D eigenvalue weighted by Crippen LogP contribution is -2.24. The minimum atomic E-state index is -0.453. The normalized spacial score (nSPS) is 19.3. The molecule has 2 atom stereocenters. The monoisotopic (exact) mass is 452 g/mol. The largest absolute Gasteiger partial charge is 0.489 e. The van der Waals surface area contributed by atoms with Gasteiger partial charge in [0.15, 0.2) is 0 Å². The molecule has 33 heavy (non-hydrogen) atoms. The molecule has 0 spiro atoms. The number of pyridine rings is 1. The van der Waals surface area contributed by atoms with Gasteiger partial charge in [0.25, 0.3) is 0 Å². The molecule has 2 aliphatic rings. The summed E-state index contributed by atoms with van der Waals surface area (Å²) in [6.45, 7) is 10.3. The molecule has 1 aliphatic carbocycles. The van der Waals surface area contributed by atoms with Crippen molar-refractivity contribution in [1.82, 2.24) is 4.98 Å². The van der Waals surface area contributed by atoms with E-state index in [0.29, 0.717) is 18.2 Å². The number of carbonyl (C=O) groups excluding carboxylic acids is 1. The van der Waals surface area contributed by atoms with Gasteiger partial charge in [0, 0.05) is 30.9 Å². The molecule has 4 rings (SSSR count). The van der Waals surface area contributed by atoms with Crippen molar-refractivity contribution in [2.24, 2.45) is 5.92 Å². The summed E-state index contributed by atoms with van der Waals surface area (Å²) in [4.78, 5) is 18.8. The third-order valence-electron chi connectivity index (χ3n) is 6.04. The Balaban J connectivity index is 1.27. The fourth-order valence-electron chi connectivity index (χ4n) is 4.04. The van der Waals surface area contributed by atoms with Gasteiger partial charge in [0.05, 0.1) is 19.6 Å². The maximum Gasteiger partial charge on any atom is 0.306 e. The highest BCUT2D eigenvalue weighted by Gasteiger charge is 2.26. The molecule has 6 nitrogen and oxygen atoms in total. The first-order chi connectivity index (χ1) is 15.7. The van der Waals surface area contributed by atoms with E-state index in [4.69, 9.17) is 14.2 Å². The molecule has 6 heteroatoms. The highest BCUT2D eigenvalue weighted by atomic mass is 16.6. The van der Waals surface area contributed by atoms with Crippen molar-refractivity contribution in [1.29, 1.82) is 0 Å². The van der Waals surface area contributed by atoms with E-state index in [9.17, 15) is 4.79 Å². The van der Waals surface area contributed by atoms with Crippen molar-refractivity contribution in [3.8, 4) is 11.6 Å². The van der Waals surface area contributed by atoms with E-state index in [1.807, 2.05) is 70.3 Å². The molecule has 0 radical (unpaired) electrons. The summed E-state index contributed by atoms with van der Waals surface area (Å²) in [6, 6.07) is 12.2. The van der Waals surface area contributed by atoms with Gasteiger partial charge in [-0.1, -0.05) is 19.1 Å². The second-order valence-electron chi connectivity index (χ2n) is 10.3. The molecule has 0 N–H and O–H groups in total. The average molecular weight is 453 g/mol. The molecule has 0 amide bonds. The van der Waals surface area contributed by atoms with Crippen LogP contribution in [0.4, 0.5) is 5.69 Å². The van der Waals surface area contributed by atoms with Crippen LogP contribution in [0.25, 0.3) is 0 Å². The number of aromatic nitrogens is 1. The van der Waals surface area contributed by atoms with Crippen LogP contribution in [0.2, 0.25) is 0 Å². The Hall–Kier alpha value is -2.76. The van der Waals surface area contributed by atoms with Crippen LogP contribution < -0.4 is 14.4 Å². The minimum Gasteiger partial charge on any atom is -0.489 e. The van der Waals surface area contributed by atoms with Crippen LogP contribution in [-0.4, -0.2) is 42.4 Å². The number of hydrogen-bond donors (Lipinski definition) is 0. The summed E-state index contributed by atoms with van der Waals surface area (Å²) in [7, 11) is 0. The van der Waals surface area contributed by atoms with Crippen molar-refractivity contribution in [2.75, 3.05) is 24.6 Å². The number of rotatable bonds is 9. The van der Waals surface area contributed by atoms with E-state index in [-0.39, 0.29) is 18.0 Å². The summed E-state index contributed by atoms with van der Waals surface area (Å²) in [5.74, 6) is 2.21. The average Bonchev–Trinajstić information content (AvgIpc) is 3.48. The highest BCUT2D eigenvalue weighted by molar-refractivity contribution is 5.71. The molecule has 1 saturated heterocycles. The zero-order valence-electron chi connectivity index (χ0n) is 20.3. The third kappa shape index (κ3) is 7.11. The molecule has 1 aromatic heterocycles. The molecule has 1 saturated carbocycles. The third-order valence-corrected chi connectivity index (χ3v) is 6.04. The Morgan fingerprint density at radius 1 is 1.15 bits per heavy atom. The summed E-state index contributed by atoms with van der Waals surface area (Å²) < 4.78 is 17.5. The fourth-order valence-corrected chi connectivity index (χ4v) is 4.04. The molecule has 2 fully saturated rings. The lowest BCUT2D eigenvalue weighted by atomic mass is 9.98. The van der Waals surface area contributed by atoms with Crippen LogP contribution in [0.5, 0.6) is 11.6 Å². The molecular formula is C27H36N2O4. The predicted octanol–water partition coefficient (Wildman–Crippen LogP) is 5.36. The molecular weight excluding hydrogens is 416 g/mol. The molecule has 2 aromatic rings. The Morgan fingerprint density at radius 3 is 2.61 bits per heavy atom. The van der Waals surface area contributed by atoms with Crippen molar-refractivity contribution >= 4 is 11.7 Å². The number of hydrogen-bond acceptors (Lipinski definition) is 6. The van der Waals surface area contributed by atoms with Gasteiger partial charge < -0.3 is 19.1 Å². The van der Waals surface area contributed by atoms with Crippen LogP contribution in [0.15, 0.2) is 42.6 Å². The maximum atomic E-state index is 12.1. The first-order valence-electron chi connectivity index (χ1n) is 12.1. The topological polar surface area (TPSA) is 60.9 Å². The van der Waals surface area contributed by atoms with Crippen LogP contribution in [0.3, 0.4) is 0 Å². The zero-order chi connectivity index (χ0) is 23.4. The minimum absolute atomic E-state index is 0.0962. The number of benzene rings is 1. The maximum absolute atomic E-state index is 12.1. The fraction of sp³-hybridized carbons (Fsp3) is 0.556.